The van der Waals surface area contributed by atoms with E-state index in [1.807, 2.05) is 0 Å². The number of anilines is 1. The Balaban J connectivity index is 1.14. The van der Waals surface area contributed by atoms with Gasteiger partial charge in [0, 0.05) is 76.8 Å². The minimum atomic E-state index is -1.32. The summed E-state index contributed by atoms with van der Waals surface area (Å²) in [6.07, 6.45) is 13.2. The first-order chi connectivity index (χ1) is 25.5. The zero-order chi connectivity index (χ0) is 35.6. The maximum absolute atomic E-state index is 13.3. The number of fused-ring (bicyclic) bond motifs is 4. The maximum Gasteiger partial charge on any atom is 0.251 e. The van der Waals surface area contributed by atoms with Gasteiger partial charge in [0.15, 0.2) is 0 Å². The standard InChI is InChI=1S/C42H45N3O7/c1-2-18-49-20-22-51-23-21-50-19-13-43-41(46)29-11-12-30(33(26-29)42(47)48)36-34-24-27-7-3-14-44-16-5-9-31(37(27)44)39(34)52-40-32-10-6-17-45-15-4-8-28(38(32)45)25-35(36)40/h1,11-12,24-26H,3-10,13-23H2,(H-,43,46,47,48). The molecule has 1 amide bonds. The van der Waals surface area contributed by atoms with Crippen molar-refractivity contribution in [2.45, 2.75) is 51.4 Å². The van der Waals surface area contributed by atoms with Crippen LogP contribution in [-0.2, 0) is 39.9 Å². The van der Waals surface area contributed by atoms with Crippen LogP contribution in [0.1, 0.15) is 79.8 Å². The fourth-order valence-electron chi connectivity index (χ4n) is 8.79. The molecule has 0 atom stereocenters. The number of nitrogens with zero attached hydrogens (tertiary/aromatic N) is 2. The predicted octanol–water partition coefficient (Wildman–Crippen LogP) is 1.90. The molecule has 52 heavy (non-hydrogen) atoms. The Bertz CT molecular complexity index is 2090. The molecule has 0 fully saturated rings. The van der Waals surface area contributed by atoms with Gasteiger partial charge in [0.2, 0.25) is 5.36 Å². The highest BCUT2D eigenvalue weighted by atomic mass is 16.5. The van der Waals surface area contributed by atoms with Crippen molar-refractivity contribution in [3.05, 3.63) is 85.4 Å². The Labute approximate surface area is 304 Å². The minimum absolute atomic E-state index is 0.0120. The van der Waals surface area contributed by atoms with Gasteiger partial charge in [0.05, 0.1) is 44.6 Å². The number of carbonyl (C=O) groups is 2. The first-order valence-corrected chi connectivity index (χ1v) is 18.8. The van der Waals surface area contributed by atoms with E-state index >= 15 is 0 Å². The highest BCUT2D eigenvalue weighted by Crippen LogP contribution is 2.48. The molecular weight excluding hydrogens is 658 g/mol. The van der Waals surface area contributed by atoms with E-state index in [-0.39, 0.29) is 36.8 Å². The van der Waals surface area contributed by atoms with Crippen LogP contribution in [0, 0.1) is 12.3 Å². The third-order valence-corrected chi connectivity index (χ3v) is 10.9. The molecule has 3 aromatic carbocycles. The highest BCUT2D eigenvalue weighted by molar-refractivity contribution is 6.02. The van der Waals surface area contributed by atoms with Crippen LogP contribution in [0.3, 0.4) is 0 Å². The van der Waals surface area contributed by atoms with Gasteiger partial charge in [0.1, 0.15) is 31.2 Å². The van der Waals surface area contributed by atoms with Gasteiger partial charge < -0.3 is 39.1 Å². The summed E-state index contributed by atoms with van der Waals surface area (Å²) in [5.41, 5.74) is 8.92. The lowest BCUT2D eigenvalue weighted by atomic mass is 9.81. The second-order valence-corrected chi connectivity index (χ2v) is 14.1. The number of aromatic carboxylic acids is 1. The molecule has 0 aromatic heterocycles. The Hall–Kier alpha value is -4.69. The molecular formula is C42H45N3O7. The van der Waals surface area contributed by atoms with Gasteiger partial charge in [-0.1, -0.05) is 12.0 Å². The van der Waals surface area contributed by atoms with E-state index in [1.165, 1.54) is 39.4 Å². The van der Waals surface area contributed by atoms with E-state index in [9.17, 15) is 14.7 Å². The summed E-state index contributed by atoms with van der Waals surface area (Å²) in [5.74, 6) is 2.40. The molecule has 0 radical (unpaired) electrons. The van der Waals surface area contributed by atoms with Crippen molar-refractivity contribution < 1.29 is 33.6 Å². The third kappa shape index (κ3) is 6.46. The quantitative estimate of drug-likeness (QED) is 0.128. The molecule has 0 spiro atoms. The van der Waals surface area contributed by atoms with Crippen molar-refractivity contribution in [1.29, 1.82) is 0 Å². The minimum Gasteiger partial charge on any atom is -0.545 e. The molecule has 0 saturated heterocycles. The topological polar surface area (TPSA) is 112 Å². The van der Waals surface area contributed by atoms with Crippen LogP contribution in [0.5, 0.6) is 11.5 Å². The number of rotatable bonds is 13. The van der Waals surface area contributed by atoms with Crippen molar-refractivity contribution >= 4 is 23.1 Å². The summed E-state index contributed by atoms with van der Waals surface area (Å²) >= 11 is 0. The Kier molecular flexibility index (Phi) is 10.00. The number of benzene rings is 3. The molecule has 270 valence electrons. The predicted molar refractivity (Wildman–Crippen MR) is 195 cm³/mol. The Morgan fingerprint density at radius 2 is 1.58 bits per heavy atom. The lowest BCUT2D eigenvalue weighted by Crippen LogP contribution is -2.45. The molecule has 10 nitrogen and oxygen atoms in total. The van der Waals surface area contributed by atoms with Crippen molar-refractivity contribution in [1.82, 2.24) is 9.89 Å². The zero-order valence-corrected chi connectivity index (χ0v) is 29.7. The van der Waals surface area contributed by atoms with Crippen molar-refractivity contribution in [2.75, 3.05) is 77.3 Å². The van der Waals surface area contributed by atoms with Gasteiger partial charge in [-0.3, -0.25) is 4.79 Å². The normalized spacial score (nSPS) is 16.6. The van der Waals surface area contributed by atoms with Crippen LogP contribution in [0.2, 0.25) is 0 Å². The monoisotopic (exact) mass is 703 g/mol. The number of nitrogens with one attached hydrogen (secondary N) is 1. The Morgan fingerprint density at radius 1 is 0.846 bits per heavy atom. The van der Waals surface area contributed by atoms with E-state index in [1.54, 1.807) is 12.1 Å². The van der Waals surface area contributed by atoms with Gasteiger partial charge in [-0.05, 0) is 73.9 Å². The lowest BCUT2D eigenvalue weighted by Gasteiger charge is -2.39. The summed E-state index contributed by atoms with van der Waals surface area (Å²) in [6.45, 7) is 6.58. The van der Waals surface area contributed by atoms with Crippen LogP contribution < -0.4 is 35.2 Å². The van der Waals surface area contributed by atoms with Gasteiger partial charge in [0.25, 0.3) is 5.91 Å². The van der Waals surface area contributed by atoms with Gasteiger partial charge in [-0.25, -0.2) is 4.58 Å². The number of ether oxygens (including phenoxy) is 4. The summed E-state index contributed by atoms with van der Waals surface area (Å²) in [6, 6.07) is 9.44. The van der Waals surface area contributed by atoms with Crippen LogP contribution in [0.4, 0.5) is 5.69 Å². The number of aryl methyl sites for hydroxylation is 2. The van der Waals surface area contributed by atoms with Gasteiger partial charge >= 0.3 is 0 Å². The molecule has 1 N–H and O–H groups in total. The van der Waals surface area contributed by atoms with E-state index in [0.717, 1.165) is 105 Å². The fraction of sp³-hybridized carbons (Fsp3) is 0.452. The maximum atomic E-state index is 13.3. The van der Waals surface area contributed by atoms with E-state index in [2.05, 4.69) is 32.8 Å². The molecule has 0 saturated carbocycles. The number of carboxylic acids is 1. The van der Waals surface area contributed by atoms with Crippen molar-refractivity contribution in [3.63, 3.8) is 0 Å². The fourth-order valence-corrected chi connectivity index (χ4v) is 8.79. The third-order valence-electron chi connectivity index (χ3n) is 10.9. The first kappa shape index (κ1) is 34.4. The number of carboxylic acid groups (broad SMARTS) is 1. The average Bonchev–Trinajstić information content (AvgIpc) is 3.16. The zero-order valence-electron chi connectivity index (χ0n) is 29.7. The molecule has 8 rings (SSSR count). The molecule has 10 heteroatoms. The number of hydrogen-bond donors (Lipinski definition) is 1. The first-order valence-electron chi connectivity index (χ1n) is 18.8. The van der Waals surface area contributed by atoms with Crippen molar-refractivity contribution in [2.24, 2.45) is 0 Å². The average molecular weight is 704 g/mol. The Morgan fingerprint density at radius 3 is 2.38 bits per heavy atom. The summed E-state index contributed by atoms with van der Waals surface area (Å²) < 4.78 is 25.8. The smallest absolute Gasteiger partial charge is 0.251 e. The van der Waals surface area contributed by atoms with Gasteiger partial charge in [-0.15, -0.1) is 6.42 Å². The summed E-state index contributed by atoms with van der Waals surface area (Å²) in [4.78, 5) is 28.8. The SMILES string of the molecule is C#CCOCCOCCOCCNC(=O)c1ccc(C2=c3cc4c5c(c3Oc3c2cc2c6c3CCCN6CCC2)CCC[N+]=5CCC4)c(C(=O)[O-])c1. The lowest BCUT2D eigenvalue weighted by molar-refractivity contribution is -0.255. The number of carbonyl (C=O) groups excluding carboxylic acids is 2. The van der Waals surface area contributed by atoms with E-state index < -0.39 is 5.97 Å². The summed E-state index contributed by atoms with van der Waals surface area (Å²) in [7, 11) is 0. The summed E-state index contributed by atoms with van der Waals surface area (Å²) in [5, 5.41) is 18.1. The van der Waals surface area contributed by atoms with Gasteiger partial charge in [-0.2, -0.15) is 0 Å². The second-order valence-electron chi connectivity index (χ2n) is 14.1. The highest BCUT2D eigenvalue weighted by Gasteiger charge is 2.36. The van der Waals surface area contributed by atoms with Crippen LogP contribution in [0.15, 0.2) is 30.3 Å². The van der Waals surface area contributed by atoms with E-state index in [0.29, 0.717) is 32.0 Å². The van der Waals surface area contributed by atoms with Crippen LogP contribution >= 0.6 is 0 Å². The number of terminal acetylenes is 1. The molecule has 0 aliphatic carbocycles. The second kappa shape index (κ2) is 15.1. The molecule has 5 aliphatic rings. The van der Waals surface area contributed by atoms with Crippen LogP contribution in [-0.4, -0.2) is 84.2 Å². The molecule has 5 aliphatic heterocycles. The molecule has 0 bridgehead atoms. The molecule has 0 unspecified atom stereocenters. The molecule has 3 aromatic rings. The van der Waals surface area contributed by atoms with Crippen molar-refractivity contribution in [3.8, 4) is 23.8 Å². The van der Waals surface area contributed by atoms with Crippen LogP contribution in [0.25, 0.3) is 5.57 Å². The largest absolute Gasteiger partial charge is 0.545 e. The number of amides is 1. The molecule has 5 heterocycles. The van der Waals surface area contributed by atoms with E-state index in [4.69, 9.17) is 25.4 Å². The number of hydrogen-bond acceptors (Lipinski definition) is 8.